The van der Waals surface area contributed by atoms with Crippen LogP contribution in [0.25, 0.3) is 0 Å². The first-order valence-corrected chi connectivity index (χ1v) is 4.97. The van der Waals surface area contributed by atoms with Gasteiger partial charge in [-0.05, 0) is 25.0 Å². The quantitative estimate of drug-likeness (QED) is 0.789. The van der Waals surface area contributed by atoms with E-state index in [9.17, 15) is 5.11 Å². The SMILES string of the molecule is CCCC(O)c1c(C)cccc1Cl. The summed E-state index contributed by atoms with van der Waals surface area (Å²) in [5, 5.41) is 10.5. The van der Waals surface area contributed by atoms with Crippen molar-refractivity contribution in [3.8, 4) is 0 Å². The Hall–Kier alpha value is -0.530. The summed E-state index contributed by atoms with van der Waals surface area (Å²) in [7, 11) is 0. The van der Waals surface area contributed by atoms with E-state index < -0.39 is 6.10 Å². The van der Waals surface area contributed by atoms with Crippen LogP contribution in [-0.4, -0.2) is 5.11 Å². The van der Waals surface area contributed by atoms with E-state index in [4.69, 9.17) is 11.6 Å². The van der Waals surface area contributed by atoms with Gasteiger partial charge in [-0.15, -0.1) is 0 Å². The van der Waals surface area contributed by atoms with Gasteiger partial charge in [-0.2, -0.15) is 0 Å². The van der Waals surface area contributed by atoms with Gasteiger partial charge in [0.25, 0.3) is 0 Å². The summed E-state index contributed by atoms with van der Waals surface area (Å²) in [6, 6.07) is 5.70. The number of hydrogen-bond acceptors (Lipinski definition) is 1. The smallest absolute Gasteiger partial charge is 0.0806 e. The third kappa shape index (κ3) is 2.45. The van der Waals surface area contributed by atoms with Crippen molar-refractivity contribution in [2.45, 2.75) is 32.8 Å². The zero-order chi connectivity index (χ0) is 9.84. The van der Waals surface area contributed by atoms with Gasteiger partial charge in [0.2, 0.25) is 0 Å². The fraction of sp³-hybridized carbons (Fsp3) is 0.455. The predicted molar refractivity (Wildman–Crippen MR) is 56.1 cm³/mol. The topological polar surface area (TPSA) is 20.2 Å². The molecule has 0 radical (unpaired) electrons. The number of aliphatic hydroxyl groups excluding tert-OH is 1. The molecule has 0 aliphatic rings. The molecule has 72 valence electrons. The summed E-state index contributed by atoms with van der Waals surface area (Å²) in [5.74, 6) is 0. The molecular weight excluding hydrogens is 184 g/mol. The molecule has 0 aliphatic heterocycles. The van der Waals surface area contributed by atoms with Crippen LogP contribution in [0.2, 0.25) is 5.02 Å². The summed E-state index contributed by atoms with van der Waals surface area (Å²) in [5.41, 5.74) is 1.94. The first-order valence-electron chi connectivity index (χ1n) is 4.60. The molecule has 0 aromatic heterocycles. The van der Waals surface area contributed by atoms with Crippen molar-refractivity contribution in [3.05, 3.63) is 34.3 Å². The summed E-state index contributed by atoms with van der Waals surface area (Å²) < 4.78 is 0. The highest BCUT2D eigenvalue weighted by molar-refractivity contribution is 6.31. The van der Waals surface area contributed by atoms with E-state index in [2.05, 4.69) is 6.92 Å². The zero-order valence-electron chi connectivity index (χ0n) is 8.05. The molecule has 0 bridgehead atoms. The van der Waals surface area contributed by atoms with E-state index in [0.717, 1.165) is 24.0 Å². The largest absolute Gasteiger partial charge is 0.388 e. The van der Waals surface area contributed by atoms with Crippen LogP contribution < -0.4 is 0 Å². The van der Waals surface area contributed by atoms with Crippen LogP contribution in [0.1, 0.15) is 37.0 Å². The van der Waals surface area contributed by atoms with E-state index in [0.29, 0.717) is 5.02 Å². The Morgan fingerprint density at radius 2 is 2.15 bits per heavy atom. The molecule has 1 N–H and O–H groups in total. The highest BCUT2D eigenvalue weighted by Crippen LogP contribution is 2.28. The van der Waals surface area contributed by atoms with Crippen molar-refractivity contribution >= 4 is 11.6 Å². The van der Waals surface area contributed by atoms with Gasteiger partial charge < -0.3 is 5.11 Å². The van der Waals surface area contributed by atoms with E-state index in [1.54, 1.807) is 0 Å². The second-order valence-electron chi connectivity index (χ2n) is 3.27. The average Bonchev–Trinajstić information content (AvgIpc) is 2.04. The third-order valence-corrected chi connectivity index (χ3v) is 2.50. The van der Waals surface area contributed by atoms with E-state index in [1.165, 1.54) is 0 Å². The van der Waals surface area contributed by atoms with Gasteiger partial charge in [-0.1, -0.05) is 37.1 Å². The summed E-state index contributed by atoms with van der Waals surface area (Å²) in [6.07, 6.45) is 1.31. The van der Waals surface area contributed by atoms with Crippen LogP contribution in [0.15, 0.2) is 18.2 Å². The molecule has 0 heterocycles. The van der Waals surface area contributed by atoms with Gasteiger partial charge in [0.15, 0.2) is 0 Å². The van der Waals surface area contributed by atoms with E-state index >= 15 is 0 Å². The predicted octanol–water partition coefficient (Wildman–Crippen LogP) is 3.48. The van der Waals surface area contributed by atoms with Crippen molar-refractivity contribution < 1.29 is 5.11 Å². The van der Waals surface area contributed by atoms with Gasteiger partial charge in [-0.3, -0.25) is 0 Å². The fourth-order valence-corrected chi connectivity index (χ4v) is 1.83. The molecular formula is C11H15ClO. The van der Waals surface area contributed by atoms with Crippen LogP contribution >= 0.6 is 11.6 Å². The number of hydrogen-bond donors (Lipinski definition) is 1. The number of aryl methyl sites for hydroxylation is 1. The van der Waals surface area contributed by atoms with E-state index in [1.807, 2.05) is 25.1 Å². The Kier molecular flexibility index (Phi) is 3.76. The molecule has 0 saturated heterocycles. The molecule has 0 aliphatic carbocycles. The minimum Gasteiger partial charge on any atom is -0.388 e. The van der Waals surface area contributed by atoms with E-state index in [-0.39, 0.29) is 0 Å². The average molecular weight is 199 g/mol. The zero-order valence-corrected chi connectivity index (χ0v) is 8.80. The van der Waals surface area contributed by atoms with Gasteiger partial charge in [0, 0.05) is 10.6 Å². The van der Waals surface area contributed by atoms with Crippen molar-refractivity contribution in [2.75, 3.05) is 0 Å². The molecule has 1 aromatic carbocycles. The lowest BCUT2D eigenvalue weighted by atomic mass is 10.0. The Labute approximate surface area is 84.4 Å². The molecule has 1 atom stereocenters. The minimum absolute atomic E-state index is 0.418. The Bertz CT molecular complexity index is 263. The fourth-order valence-electron chi connectivity index (χ4n) is 1.48. The Morgan fingerprint density at radius 3 is 2.69 bits per heavy atom. The summed E-state index contributed by atoms with van der Waals surface area (Å²) in [6.45, 7) is 4.02. The number of halogens is 1. The second-order valence-corrected chi connectivity index (χ2v) is 3.68. The molecule has 1 unspecified atom stereocenters. The highest BCUT2D eigenvalue weighted by Gasteiger charge is 2.12. The van der Waals surface area contributed by atoms with Gasteiger partial charge in [0.1, 0.15) is 0 Å². The lowest BCUT2D eigenvalue weighted by molar-refractivity contribution is 0.166. The number of benzene rings is 1. The molecule has 1 rings (SSSR count). The second kappa shape index (κ2) is 4.64. The lowest BCUT2D eigenvalue weighted by Gasteiger charge is -2.14. The van der Waals surface area contributed by atoms with Crippen LogP contribution in [0, 0.1) is 6.92 Å². The van der Waals surface area contributed by atoms with Crippen molar-refractivity contribution in [1.29, 1.82) is 0 Å². The number of aliphatic hydroxyl groups is 1. The molecule has 0 amide bonds. The minimum atomic E-state index is -0.418. The maximum absolute atomic E-state index is 9.80. The van der Waals surface area contributed by atoms with Crippen molar-refractivity contribution in [1.82, 2.24) is 0 Å². The normalized spacial score (nSPS) is 12.9. The van der Waals surface area contributed by atoms with Crippen molar-refractivity contribution in [2.24, 2.45) is 0 Å². The van der Waals surface area contributed by atoms with Gasteiger partial charge in [-0.25, -0.2) is 0 Å². The first-order chi connectivity index (χ1) is 6.16. The lowest BCUT2D eigenvalue weighted by Crippen LogP contribution is -2.00. The number of rotatable bonds is 3. The van der Waals surface area contributed by atoms with Crippen LogP contribution in [0.5, 0.6) is 0 Å². The molecule has 0 saturated carbocycles. The van der Waals surface area contributed by atoms with Gasteiger partial charge in [0.05, 0.1) is 6.10 Å². The molecule has 13 heavy (non-hydrogen) atoms. The molecule has 0 fully saturated rings. The standard InChI is InChI=1S/C11H15ClO/c1-3-5-10(13)11-8(2)6-4-7-9(11)12/h4,6-7,10,13H,3,5H2,1-2H3. The van der Waals surface area contributed by atoms with Gasteiger partial charge >= 0.3 is 0 Å². The maximum Gasteiger partial charge on any atom is 0.0806 e. The monoisotopic (exact) mass is 198 g/mol. The highest BCUT2D eigenvalue weighted by atomic mass is 35.5. The molecule has 1 nitrogen and oxygen atoms in total. The van der Waals surface area contributed by atoms with Crippen LogP contribution in [0.4, 0.5) is 0 Å². The van der Waals surface area contributed by atoms with Crippen LogP contribution in [0.3, 0.4) is 0 Å². The molecule has 1 aromatic rings. The Morgan fingerprint density at radius 1 is 1.46 bits per heavy atom. The summed E-state index contributed by atoms with van der Waals surface area (Å²) >= 11 is 6.00. The Balaban J connectivity index is 2.98. The van der Waals surface area contributed by atoms with Crippen molar-refractivity contribution in [3.63, 3.8) is 0 Å². The molecule has 2 heteroatoms. The maximum atomic E-state index is 9.80. The molecule has 0 spiro atoms. The first kappa shape index (κ1) is 10.6. The third-order valence-electron chi connectivity index (χ3n) is 2.17. The van der Waals surface area contributed by atoms with Crippen LogP contribution in [-0.2, 0) is 0 Å². The summed E-state index contributed by atoms with van der Waals surface area (Å²) in [4.78, 5) is 0.